The molecule has 0 saturated carbocycles. The SMILES string of the molecule is CCOC(=O)Cn1ncc2c3oc(C)cc3n(CC)c2c1=O. The third-order valence-electron chi connectivity index (χ3n) is 3.56. The van der Waals surface area contributed by atoms with Crippen LogP contribution in [0.5, 0.6) is 0 Å². The molecule has 3 aromatic heterocycles. The quantitative estimate of drug-likeness (QED) is 0.687. The largest absolute Gasteiger partial charge is 0.465 e. The zero-order valence-electron chi connectivity index (χ0n) is 12.8. The fourth-order valence-corrected chi connectivity index (χ4v) is 2.69. The molecular formula is C15H17N3O4. The summed E-state index contributed by atoms with van der Waals surface area (Å²) in [7, 11) is 0. The van der Waals surface area contributed by atoms with Crippen LogP contribution in [0.1, 0.15) is 19.6 Å². The number of carbonyl (C=O) groups is 1. The van der Waals surface area contributed by atoms with Crippen molar-refractivity contribution in [2.24, 2.45) is 0 Å². The number of nitrogens with zero attached hydrogens (tertiary/aromatic N) is 3. The Bertz CT molecular complexity index is 916. The van der Waals surface area contributed by atoms with E-state index in [1.807, 2.05) is 24.5 Å². The van der Waals surface area contributed by atoms with E-state index >= 15 is 0 Å². The van der Waals surface area contributed by atoms with E-state index < -0.39 is 5.97 Å². The van der Waals surface area contributed by atoms with Gasteiger partial charge in [0, 0.05) is 12.6 Å². The lowest BCUT2D eigenvalue weighted by molar-refractivity contribution is -0.144. The second kappa shape index (κ2) is 5.32. The predicted molar refractivity (Wildman–Crippen MR) is 80.8 cm³/mol. The van der Waals surface area contributed by atoms with Crippen molar-refractivity contribution in [1.82, 2.24) is 14.3 Å². The van der Waals surface area contributed by atoms with E-state index in [-0.39, 0.29) is 18.7 Å². The van der Waals surface area contributed by atoms with E-state index in [1.54, 1.807) is 13.1 Å². The van der Waals surface area contributed by atoms with Crippen LogP contribution in [0, 0.1) is 6.92 Å². The summed E-state index contributed by atoms with van der Waals surface area (Å²) in [5, 5.41) is 4.73. The van der Waals surface area contributed by atoms with Crippen LogP contribution < -0.4 is 5.56 Å². The maximum absolute atomic E-state index is 12.6. The summed E-state index contributed by atoms with van der Waals surface area (Å²) in [6, 6.07) is 1.90. The Labute approximate surface area is 126 Å². The number of fused-ring (bicyclic) bond motifs is 3. The van der Waals surface area contributed by atoms with Gasteiger partial charge in [0.05, 0.1) is 23.7 Å². The number of aryl methyl sites for hydroxylation is 2. The molecule has 0 bridgehead atoms. The maximum atomic E-state index is 12.6. The van der Waals surface area contributed by atoms with Gasteiger partial charge in [0.2, 0.25) is 0 Å². The van der Waals surface area contributed by atoms with Gasteiger partial charge in [-0.15, -0.1) is 0 Å². The van der Waals surface area contributed by atoms with Crippen LogP contribution in [0.3, 0.4) is 0 Å². The van der Waals surface area contributed by atoms with Gasteiger partial charge in [-0.3, -0.25) is 9.59 Å². The number of esters is 1. The van der Waals surface area contributed by atoms with Gasteiger partial charge in [0.1, 0.15) is 17.8 Å². The van der Waals surface area contributed by atoms with E-state index in [0.717, 1.165) is 16.0 Å². The molecule has 3 aromatic rings. The lowest BCUT2D eigenvalue weighted by Gasteiger charge is -2.06. The van der Waals surface area contributed by atoms with E-state index in [0.29, 0.717) is 23.0 Å². The molecule has 3 rings (SSSR count). The standard InChI is InChI=1S/C15H17N3O4/c1-4-17-11-6-9(3)22-14(11)10-7-16-18(15(20)13(10)17)8-12(19)21-5-2/h6-7H,4-5,8H2,1-3H3. The van der Waals surface area contributed by atoms with Crippen molar-refractivity contribution in [1.29, 1.82) is 0 Å². The highest BCUT2D eigenvalue weighted by Crippen LogP contribution is 2.29. The minimum absolute atomic E-state index is 0.197. The molecule has 0 fully saturated rings. The smallest absolute Gasteiger partial charge is 0.327 e. The first-order valence-corrected chi connectivity index (χ1v) is 7.20. The normalized spacial score (nSPS) is 11.4. The highest BCUT2D eigenvalue weighted by atomic mass is 16.5. The molecule has 22 heavy (non-hydrogen) atoms. The van der Waals surface area contributed by atoms with Crippen molar-refractivity contribution in [2.75, 3.05) is 6.61 Å². The molecule has 0 saturated heterocycles. The topological polar surface area (TPSA) is 79.3 Å². The number of ether oxygens (including phenoxy) is 1. The first-order valence-electron chi connectivity index (χ1n) is 7.20. The Morgan fingerprint density at radius 1 is 1.41 bits per heavy atom. The van der Waals surface area contributed by atoms with E-state index in [2.05, 4.69) is 5.10 Å². The molecule has 7 nitrogen and oxygen atoms in total. The van der Waals surface area contributed by atoms with Gasteiger partial charge in [-0.05, 0) is 20.8 Å². The Balaban J connectivity index is 2.22. The minimum Gasteiger partial charge on any atom is -0.465 e. The number of furan rings is 1. The summed E-state index contributed by atoms with van der Waals surface area (Å²) in [6.07, 6.45) is 1.56. The second-order valence-electron chi connectivity index (χ2n) is 4.99. The van der Waals surface area contributed by atoms with Gasteiger partial charge in [0.15, 0.2) is 5.58 Å². The summed E-state index contributed by atoms with van der Waals surface area (Å²) in [5.41, 5.74) is 1.69. The molecule has 0 aromatic carbocycles. The lowest BCUT2D eigenvalue weighted by Crippen LogP contribution is -2.28. The Morgan fingerprint density at radius 3 is 2.86 bits per heavy atom. The maximum Gasteiger partial charge on any atom is 0.327 e. The second-order valence-corrected chi connectivity index (χ2v) is 4.99. The molecule has 3 heterocycles. The first-order chi connectivity index (χ1) is 10.6. The highest BCUT2D eigenvalue weighted by molar-refractivity contribution is 6.04. The number of hydrogen-bond acceptors (Lipinski definition) is 5. The fraction of sp³-hybridized carbons (Fsp3) is 0.400. The van der Waals surface area contributed by atoms with E-state index in [1.165, 1.54) is 0 Å². The van der Waals surface area contributed by atoms with Crippen molar-refractivity contribution >= 4 is 28.0 Å². The summed E-state index contributed by atoms with van der Waals surface area (Å²) < 4.78 is 13.5. The number of rotatable bonds is 4. The molecule has 0 amide bonds. The molecule has 0 aliphatic rings. The molecule has 7 heteroatoms. The molecular weight excluding hydrogens is 286 g/mol. The van der Waals surface area contributed by atoms with Crippen molar-refractivity contribution in [2.45, 2.75) is 33.9 Å². The van der Waals surface area contributed by atoms with E-state index in [9.17, 15) is 9.59 Å². The third kappa shape index (κ3) is 2.09. The average Bonchev–Trinajstić information content (AvgIpc) is 2.97. The van der Waals surface area contributed by atoms with Crippen LogP contribution in [0.25, 0.3) is 22.0 Å². The third-order valence-corrected chi connectivity index (χ3v) is 3.56. The first kappa shape index (κ1) is 14.4. The predicted octanol–water partition coefficient (Wildman–Crippen LogP) is 1.84. The summed E-state index contributed by atoms with van der Waals surface area (Å²) in [4.78, 5) is 24.2. The zero-order chi connectivity index (χ0) is 15.9. The minimum atomic E-state index is -0.481. The average molecular weight is 303 g/mol. The highest BCUT2D eigenvalue weighted by Gasteiger charge is 2.19. The van der Waals surface area contributed by atoms with Gasteiger partial charge in [-0.25, -0.2) is 4.68 Å². The van der Waals surface area contributed by atoms with Crippen molar-refractivity contribution in [3.05, 3.63) is 28.4 Å². The van der Waals surface area contributed by atoms with Crippen LogP contribution >= 0.6 is 0 Å². The van der Waals surface area contributed by atoms with Crippen molar-refractivity contribution in [3.63, 3.8) is 0 Å². The van der Waals surface area contributed by atoms with Crippen molar-refractivity contribution in [3.8, 4) is 0 Å². The summed E-state index contributed by atoms with van der Waals surface area (Å²) in [5.74, 6) is 0.301. The van der Waals surface area contributed by atoms with Crippen LogP contribution in [-0.2, 0) is 22.6 Å². The monoisotopic (exact) mass is 303 g/mol. The van der Waals surface area contributed by atoms with Gasteiger partial charge < -0.3 is 13.7 Å². The van der Waals surface area contributed by atoms with Gasteiger partial charge >= 0.3 is 5.97 Å². The summed E-state index contributed by atoms with van der Waals surface area (Å²) >= 11 is 0. The van der Waals surface area contributed by atoms with Crippen LogP contribution in [0.4, 0.5) is 0 Å². The number of aromatic nitrogens is 3. The molecule has 0 atom stereocenters. The van der Waals surface area contributed by atoms with Crippen LogP contribution in [-0.4, -0.2) is 26.9 Å². The molecule has 0 radical (unpaired) electrons. The number of carbonyl (C=O) groups excluding carboxylic acids is 1. The summed E-state index contributed by atoms with van der Waals surface area (Å²) in [6.45, 7) is 6.23. The fourth-order valence-electron chi connectivity index (χ4n) is 2.69. The molecule has 0 aliphatic heterocycles. The van der Waals surface area contributed by atoms with Gasteiger partial charge in [0.25, 0.3) is 5.56 Å². The molecule has 0 N–H and O–H groups in total. The Morgan fingerprint density at radius 2 is 2.18 bits per heavy atom. The zero-order valence-corrected chi connectivity index (χ0v) is 12.8. The number of hydrogen-bond donors (Lipinski definition) is 0. The lowest BCUT2D eigenvalue weighted by atomic mass is 10.3. The van der Waals surface area contributed by atoms with Gasteiger partial charge in [-0.2, -0.15) is 5.10 Å². The molecule has 0 aliphatic carbocycles. The van der Waals surface area contributed by atoms with Crippen molar-refractivity contribution < 1.29 is 13.9 Å². The van der Waals surface area contributed by atoms with E-state index in [4.69, 9.17) is 9.15 Å². The molecule has 116 valence electrons. The Hall–Kier alpha value is -2.57. The van der Waals surface area contributed by atoms with Crippen LogP contribution in [0.2, 0.25) is 0 Å². The van der Waals surface area contributed by atoms with Crippen LogP contribution in [0.15, 0.2) is 21.5 Å². The van der Waals surface area contributed by atoms with Gasteiger partial charge in [-0.1, -0.05) is 0 Å². The Kier molecular flexibility index (Phi) is 3.48. The molecule has 0 spiro atoms. The molecule has 0 unspecified atom stereocenters.